The molecule has 1 fully saturated rings. The van der Waals surface area contributed by atoms with Gasteiger partial charge >= 0.3 is 59.7 Å². The summed E-state index contributed by atoms with van der Waals surface area (Å²) in [5.41, 5.74) is -0.984. The molecule has 2 unspecified atom stereocenters. The number of hydrogen-bond donors (Lipinski definition) is 9. The Balaban J connectivity index is 1.94. The first-order chi connectivity index (χ1) is 29.3. The van der Waals surface area contributed by atoms with Gasteiger partial charge in [-0.2, -0.15) is 0 Å². The molecule has 1 aliphatic rings. The van der Waals surface area contributed by atoms with Gasteiger partial charge < -0.3 is 57.8 Å². The second kappa shape index (κ2) is 21.1. The van der Waals surface area contributed by atoms with Crippen LogP contribution in [0.3, 0.4) is 0 Å². The number of nitrogens with one attached hydrogen (secondary N) is 3. The van der Waals surface area contributed by atoms with Crippen molar-refractivity contribution in [3.05, 3.63) is 72.8 Å². The van der Waals surface area contributed by atoms with E-state index in [1.165, 1.54) is 54.6 Å². The van der Waals surface area contributed by atoms with Gasteiger partial charge in [-0.1, -0.05) is 36.4 Å². The number of amides is 3. The fourth-order valence-electron chi connectivity index (χ4n) is 5.59. The number of esters is 3. The smallest absolute Gasteiger partial charge is 0.439 e. The van der Waals surface area contributed by atoms with Crippen LogP contribution in [-0.2, 0) is 55.9 Å². The third-order valence-corrected chi connectivity index (χ3v) is 9.14. The Hall–Kier alpha value is -5.79. The normalized spacial score (nSPS) is 20.0. The van der Waals surface area contributed by atoms with Crippen LogP contribution in [0.15, 0.2) is 72.8 Å². The van der Waals surface area contributed by atoms with Crippen molar-refractivity contribution in [3.63, 3.8) is 0 Å². The lowest BCUT2D eigenvalue weighted by Crippen LogP contribution is -2.68. The highest BCUT2D eigenvalue weighted by molar-refractivity contribution is 7.47. The molecule has 0 bridgehead atoms. The summed E-state index contributed by atoms with van der Waals surface area (Å²) < 4.78 is 82.8. The molecule has 342 valence electrons. The maximum atomic E-state index is 13.7. The number of carbonyl (C=O) groups excluding carboxylic acids is 6. The van der Waals surface area contributed by atoms with Crippen LogP contribution in [-0.4, -0.2) is 102 Å². The summed E-state index contributed by atoms with van der Waals surface area (Å²) in [5.74, 6) is -3.55. The lowest BCUT2D eigenvalue weighted by Gasteiger charge is -2.47. The Morgan fingerprint density at radius 3 is 0.873 bits per heavy atom. The van der Waals surface area contributed by atoms with E-state index in [2.05, 4.69) is 20.5 Å². The van der Waals surface area contributed by atoms with Crippen LogP contribution in [0.25, 0.3) is 0 Å². The number of rotatable bonds is 15. The van der Waals surface area contributed by atoms with Gasteiger partial charge in [-0.25, -0.2) is 28.1 Å². The molecule has 3 aromatic rings. The first kappa shape index (κ1) is 49.9. The van der Waals surface area contributed by atoms with Gasteiger partial charge in [0.15, 0.2) is 35.6 Å². The summed E-state index contributed by atoms with van der Waals surface area (Å²) in [6.45, 7) is 3.01. The number of anilines is 3. The summed E-state index contributed by atoms with van der Waals surface area (Å²) in [5, 5.41) is 6.33. The highest BCUT2D eigenvalue weighted by Crippen LogP contribution is 2.52. The molecule has 0 aliphatic heterocycles. The maximum absolute atomic E-state index is 13.7. The largest absolute Gasteiger partial charge is 0.470 e. The average molecular weight is 952 g/mol. The predicted molar refractivity (Wildman–Crippen MR) is 206 cm³/mol. The van der Waals surface area contributed by atoms with Crippen LogP contribution >= 0.6 is 23.5 Å². The molecule has 6 atom stereocenters. The average Bonchev–Trinajstić information content (AvgIpc) is 3.13. The van der Waals surface area contributed by atoms with Crippen molar-refractivity contribution in [2.24, 2.45) is 0 Å². The molecule has 30 heteroatoms. The fraction of sp³-hybridized carbons (Fsp3) is 0.273. The first-order valence-corrected chi connectivity index (χ1v) is 21.8. The highest BCUT2D eigenvalue weighted by atomic mass is 31.2. The van der Waals surface area contributed by atoms with Crippen molar-refractivity contribution in [1.29, 1.82) is 0 Å². The van der Waals surface area contributed by atoms with Gasteiger partial charge in [0.25, 0.3) is 0 Å². The third-order valence-electron chi connectivity index (χ3n) is 7.58. The minimum absolute atomic E-state index is 0.302. The minimum atomic E-state index is -6.06. The Labute approximate surface area is 353 Å². The van der Waals surface area contributed by atoms with Crippen LogP contribution in [0.4, 0.5) is 31.4 Å². The van der Waals surface area contributed by atoms with Crippen molar-refractivity contribution in [1.82, 2.24) is 0 Å². The topological polar surface area (TPSA) is 394 Å². The van der Waals surface area contributed by atoms with E-state index in [1.54, 1.807) is 0 Å². The molecule has 1 saturated carbocycles. The van der Waals surface area contributed by atoms with Gasteiger partial charge in [0, 0.05) is 20.8 Å². The van der Waals surface area contributed by atoms with Crippen LogP contribution in [0.5, 0.6) is 17.2 Å². The van der Waals surface area contributed by atoms with Gasteiger partial charge in [-0.05, 0) is 36.4 Å². The third kappa shape index (κ3) is 15.8. The zero-order chi connectivity index (χ0) is 46.9. The molecule has 3 amide bonds. The molecule has 1 aliphatic carbocycles. The zero-order valence-electron chi connectivity index (χ0n) is 32.3. The maximum Gasteiger partial charge on any atom is 0.470 e. The number of para-hydroxylation sites is 6. The van der Waals surface area contributed by atoms with Gasteiger partial charge in [0.1, 0.15) is 18.3 Å². The molecule has 0 spiro atoms. The van der Waals surface area contributed by atoms with Crippen molar-refractivity contribution in [3.8, 4) is 17.2 Å². The lowest BCUT2D eigenvalue weighted by molar-refractivity contribution is -0.209. The number of hydrogen-bond acceptors (Lipinski definition) is 18. The second-order valence-electron chi connectivity index (χ2n) is 12.4. The molecule has 0 heterocycles. The number of carbonyl (C=O) groups is 6. The lowest BCUT2D eigenvalue weighted by atomic mass is 9.84. The Kier molecular flexibility index (Phi) is 16.7. The molecule has 9 N–H and O–H groups in total. The van der Waals surface area contributed by atoms with Crippen molar-refractivity contribution in [2.45, 2.75) is 57.4 Å². The number of phosphoric ester groups is 3. The number of phosphoric acid groups is 3. The Morgan fingerprint density at radius 1 is 0.413 bits per heavy atom. The summed E-state index contributed by atoms with van der Waals surface area (Å²) in [6, 6.07) is 15.1. The van der Waals surface area contributed by atoms with Crippen LogP contribution in [0, 0.1) is 0 Å². The summed E-state index contributed by atoms with van der Waals surface area (Å²) in [4.78, 5) is 136. The van der Waals surface area contributed by atoms with Crippen LogP contribution < -0.4 is 30.2 Å². The number of benzene rings is 3. The van der Waals surface area contributed by atoms with Crippen LogP contribution in [0.2, 0.25) is 0 Å². The second-order valence-corrected chi connectivity index (χ2v) is 16.0. The summed E-state index contributed by atoms with van der Waals surface area (Å²) in [7, 11) is -18.2. The van der Waals surface area contributed by atoms with Gasteiger partial charge in [0.2, 0.25) is 0 Å². The van der Waals surface area contributed by atoms with E-state index >= 15 is 0 Å². The van der Waals surface area contributed by atoms with Gasteiger partial charge in [-0.15, -0.1) is 0 Å². The molecule has 63 heavy (non-hydrogen) atoms. The molecule has 4 rings (SSSR count). The van der Waals surface area contributed by atoms with Crippen molar-refractivity contribution >= 4 is 76.7 Å². The van der Waals surface area contributed by atoms with E-state index < -0.39 is 96.3 Å². The predicted octanol–water partition coefficient (Wildman–Crippen LogP) is 3.06. The van der Waals surface area contributed by atoms with Gasteiger partial charge in [0.05, 0.1) is 17.1 Å². The van der Waals surface area contributed by atoms with E-state index in [9.17, 15) is 71.8 Å². The highest BCUT2D eigenvalue weighted by Gasteiger charge is 2.62. The molecule has 27 nitrogen and oxygen atoms in total. The zero-order valence-corrected chi connectivity index (χ0v) is 34.9. The molecular weight excluding hydrogens is 915 g/mol. The molecule has 0 radical (unpaired) electrons. The van der Waals surface area contributed by atoms with Crippen molar-refractivity contribution < 1.29 is 114 Å². The van der Waals surface area contributed by atoms with E-state index in [1.807, 2.05) is 0 Å². The monoisotopic (exact) mass is 951 g/mol. The van der Waals surface area contributed by atoms with E-state index in [4.69, 9.17) is 37.5 Å². The fourth-order valence-corrected chi connectivity index (χ4v) is 7.26. The standard InChI is InChI=1S/C33H36N3O24P3/c1-16(37)52-22-13-7-4-10-19(22)34-31(40)55-25-26(56-32(41)35-20-11-5-8-14-23(20)53-17(2)38)28(58-61(43,44)45)30(60-63(49,50)51)29(59-62(46,47)48)27(25)57-33(42)36-21-12-6-9-15-24(21)54-18(3)39/h4-15,25-30H,1-3H3,(H,34,40)(H,35,41)(H,36,42)(H2,43,44,45)(H2,46,47,48)(H2,49,50,51)/t25?,26-,27-,28-,29+,30?/m1/s1. The van der Waals surface area contributed by atoms with E-state index in [0.717, 1.165) is 39.0 Å². The number of ether oxygens (including phenoxy) is 6. The van der Waals surface area contributed by atoms with Crippen molar-refractivity contribution in [2.75, 3.05) is 16.0 Å². The van der Waals surface area contributed by atoms with Crippen LogP contribution in [0.1, 0.15) is 20.8 Å². The minimum Gasteiger partial charge on any atom is -0.439 e. The van der Waals surface area contributed by atoms with E-state index in [-0.39, 0.29) is 34.3 Å². The SMILES string of the molecule is CC(=O)Oc1ccccc1NC(=O)OC1[C@@H](OC(=O)Nc2ccccc2OC(C)=O)[C@H](OP(=O)(O)O)C(OP(=O)(O)O)[C@H](OP(=O)(O)O)[C@@H]1OC(=O)Nc1ccccc1OC(C)=O. The molecule has 0 saturated heterocycles. The van der Waals surface area contributed by atoms with E-state index in [0.29, 0.717) is 0 Å². The van der Waals surface area contributed by atoms with Gasteiger partial charge in [-0.3, -0.25) is 43.9 Å². The summed E-state index contributed by atoms with van der Waals surface area (Å²) in [6.07, 6.45) is -22.2. The Bertz CT molecular complexity index is 2240. The summed E-state index contributed by atoms with van der Waals surface area (Å²) >= 11 is 0. The first-order valence-electron chi connectivity index (χ1n) is 17.3. The molecule has 3 aromatic carbocycles. The molecule has 0 aromatic heterocycles. The molecular formula is C33H36N3O24P3. The quantitative estimate of drug-likeness (QED) is 0.0457. The Morgan fingerprint density at radius 2 is 0.635 bits per heavy atom.